The monoisotopic (exact) mass is 250 g/mol. The molecule has 0 saturated carbocycles. The van der Waals surface area contributed by atoms with Crippen LogP contribution in [0.5, 0.6) is 0 Å². The van der Waals surface area contributed by atoms with Crippen molar-refractivity contribution >= 4 is 11.6 Å². The Morgan fingerprint density at radius 3 is 2.33 bits per heavy atom. The second-order valence-electron chi connectivity index (χ2n) is 4.67. The molecule has 0 spiro atoms. The largest absolute Gasteiger partial charge is 0.399 e. The standard InChI is InChI=1S/C13H18N2O3/c14-10-4-1-9(2-5-10)3-6-13(18)15-7-11(16)12(17)8-15/h1-2,4-5,11-12,16-17H,3,6-8,14H2/t11-,12-/m1/s1. The Kier molecular flexibility index (Phi) is 3.84. The van der Waals surface area contributed by atoms with Crippen LogP contribution < -0.4 is 5.73 Å². The van der Waals surface area contributed by atoms with E-state index in [4.69, 9.17) is 5.73 Å². The average molecular weight is 250 g/mol. The highest BCUT2D eigenvalue weighted by Gasteiger charge is 2.31. The number of anilines is 1. The minimum absolute atomic E-state index is 0.0394. The number of nitrogens with zero attached hydrogens (tertiary/aromatic N) is 1. The van der Waals surface area contributed by atoms with E-state index >= 15 is 0 Å². The van der Waals surface area contributed by atoms with Crippen LogP contribution in [-0.4, -0.2) is 46.3 Å². The Morgan fingerprint density at radius 1 is 1.22 bits per heavy atom. The zero-order chi connectivity index (χ0) is 13.1. The van der Waals surface area contributed by atoms with Gasteiger partial charge in [0.2, 0.25) is 5.91 Å². The first-order chi connectivity index (χ1) is 8.56. The van der Waals surface area contributed by atoms with Crippen LogP contribution in [0.3, 0.4) is 0 Å². The van der Waals surface area contributed by atoms with E-state index in [1.807, 2.05) is 24.3 Å². The van der Waals surface area contributed by atoms with Gasteiger partial charge in [-0.3, -0.25) is 4.79 Å². The Morgan fingerprint density at radius 2 is 1.78 bits per heavy atom. The molecule has 1 aromatic rings. The predicted octanol–water partition coefficient (Wildman–Crippen LogP) is -0.235. The fourth-order valence-electron chi connectivity index (χ4n) is 2.07. The van der Waals surface area contributed by atoms with Crippen LogP contribution in [0, 0.1) is 0 Å². The van der Waals surface area contributed by atoms with E-state index in [1.165, 1.54) is 4.90 Å². The van der Waals surface area contributed by atoms with Gasteiger partial charge >= 0.3 is 0 Å². The summed E-state index contributed by atoms with van der Waals surface area (Å²) in [6.07, 6.45) is -0.610. The number of amides is 1. The van der Waals surface area contributed by atoms with Crippen LogP contribution in [0.25, 0.3) is 0 Å². The normalized spacial score (nSPS) is 23.3. The molecule has 5 heteroatoms. The van der Waals surface area contributed by atoms with Crippen molar-refractivity contribution < 1.29 is 15.0 Å². The van der Waals surface area contributed by atoms with Gasteiger partial charge in [-0.2, -0.15) is 0 Å². The molecule has 1 heterocycles. The third-order valence-electron chi connectivity index (χ3n) is 3.22. The van der Waals surface area contributed by atoms with Gasteiger partial charge in [0.05, 0.1) is 12.2 Å². The Hall–Kier alpha value is -1.59. The lowest BCUT2D eigenvalue weighted by molar-refractivity contribution is -0.130. The quantitative estimate of drug-likeness (QED) is 0.646. The molecule has 1 aliphatic heterocycles. The van der Waals surface area contributed by atoms with Crippen molar-refractivity contribution in [3.8, 4) is 0 Å². The van der Waals surface area contributed by atoms with Gasteiger partial charge in [0.1, 0.15) is 0 Å². The van der Waals surface area contributed by atoms with Crippen molar-refractivity contribution in [2.24, 2.45) is 0 Å². The second-order valence-corrected chi connectivity index (χ2v) is 4.67. The van der Waals surface area contributed by atoms with Gasteiger partial charge in [-0.25, -0.2) is 0 Å². The first-order valence-corrected chi connectivity index (χ1v) is 6.04. The number of hydrogen-bond acceptors (Lipinski definition) is 4. The molecule has 1 fully saturated rings. The number of benzene rings is 1. The van der Waals surface area contributed by atoms with Gasteiger partial charge < -0.3 is 20.8 Å². The Balaban J connectivity index is 1.83. The smallest absolute Gasteiger partial charge is 0.223 e. The summed E-state index contributed by atoms with van der Waals surface area (Å²) in [6.45, 7) is 0.448. The topological polar surface area (TPSA) is 86.8 Å². The summed E-state index contributed by atoms with van der Waals surface area (Å²) >= 11 is 0. The van der Waals surface area contributed by atoms with Crippen LogP contribution in [0.15, 0.2) is 24.3 Å². The summed E-state index contributed by atoms with van der Waals surface area (Å²) in [5.41, 5.74) is 7.34. The number of aryl methyl sites for hydroxylation is 1. The maximum atomic E-state index is 11.9. The molecule has 98 valence electrons. The molecule has 1 aromatic carbocycles. The van der Waals surface area contributed by atoms with Gasteiger partial charge in [-0.15, -0.1) is 0 Å². The first-order valence-electron chi connectivity index (χ1n) is 6.04. The molecule has 2 atom stereocenters. The Bertz CT molecular complexity index is 409. The zero-order valence-corrected chi connectivity index (χ0v) is 10.1. The molecule has 1 amide bonds. The number of likely N-dealkylation sites (tertiary alicyclic amines) is 1. The van der Waals surface area contributed by atoms with Crippen LogP contribution in [0.2, 0.25) is 0 Å². The average Bonchev–Trinajstić information content (AvgIpc) is 2.69. The summed E-state index contributed by atoms with van der Waals surface area (Å²) in [5, 5.41) is 18.8. The summed E-state index contributed by atoms with van der Waals surface area (Å²) in [5.74, 6) is -0.0394. The third kappa shape index (κ3) is 3.00. The van der Waals surface area contributed by atoms with E-state index in [-0.39, 0.29) is 19.0 Å². The van der Waals surface area contributed by atoms with E-state index in [0.717, 1.165) is 5.56 Å². The minimum Gasteiger partial charge on any atom is -0.399 e. The van der Waals surface area contributed by atoms with Gasteiger partial charge in [0.15, 0.2) is 0 Å². The van der Waals surface area contributed by atoms with E-state index in [1.54, 1.807) is 0 Å². The predicted molar refractivity (Wildman–Crippen MR) is 67.8 cm³/mol. The van der Waals surface area contributed by atoms with Crippen LogP contribution in [0.1, 0.15) is 12.0 Å². The van der Waals surface area contributed by atoms with Gasteiger partial charge in [0.25, 0.3) is 0 Å². The SMILES string of the molecule is Nc1ccc(CCC(=O)N2C[C@@H](O)[C@H](O)C2)cc1. The number of hydrogen-bond donors (Lipinski definition) is 3. The fraction of sp³-hybridized carbons (Fsp3) is 0.462. The summed E-state index contributed by atoms with van der Waals surface area (Å²) in [6, 6.07) is 7.42. The van der Waals surface area contributed by atoms with Gasteiger partial charge in [-0.05, 0) is 24.1 Å². The maximum Gasteiger partial charge on any atom is 0.223 e. The van der Waals surface area contributed by atoms with E-state index in [2.05, 4.69) is 0 Å². The van der Waals surface area contributed by atoms with Crippen molar-refractivity contribution in [2.75, 3.05) is 18.8 Å². The molecule has 18 heavy (non-hydrogen) atoms. The second kappa shape index (κ2) is 5.37. The number of nitrogens with two attached hydrogens (primary N) is 1. The number of rotatable bonds is 3. The van der Waals surface area contributed by atoms with Crippen LogP contribution in [-0.2, 0) is 11.2 Å². The molecule has 0 aromatic heterocycles. The molecule has 0 radical (unpaired) electrons. The summed E-state index contributed by atoms with van der Waals surface area (Å²) < 4.78 is 0. The first kappa shape index (κ1) is 12.9. The lowest BCUT2D eigenvalue weighted by Gasteiger charge is -2.15. The molecule has 2 rings (SSSR count). The molecule has 0 unspecified atom stereocenters. The highest BCUT2D eigenvalue weighted by Crippen LogP contribution is 2.13. The number of aliphatic hydroxyl groups is 2. The van der Waals surface area contributed by atoms with Crippen molar-refractivity contribution in [1.29, 1.82) is 0 Å². The van der Waals surface area contributed by atoms with Crippen molar-refractivity contribution in [2.45, 2.75) is 25.0 Å². The van der Waals surface area contributed by atoms with Crippen molar-refractivity contribution in [3.63, 3.8) is 0 Å². The molecule has 0 aliphatic carbocycles. The molecule has 0 bridgehead atoms. The fourth-order valence-corrected chi connectivity index (χ4v) is 2.07. The zero-order valence-electron chi connectivity index (χ0n) is 10.1. The summed E-state index contributed by atoms with van der Waals surface area (Å²) in [4.78, 5) is 13.4. The highest BCUT2D eigenvalue weighted by molar-refractivity contribution is 5.77. The van der Waals surface area contributed by atoms with Crippen molar-refractivity contribution in [1.82, 2.24) is 4.90 Å². The van der Waals surface area contributed by atoms with E-state index in [0.29, 0.717) is 18.5 Å². The molecular weight excluding hydrogens is 232 g/mol. The van der Waals surface area contributed by atoms with Crippen molar-refractivity contribution in [3.05, 3.63) is 29.8 Å². The molecule has 4 N–H and O–H groups in total. The molecule has 5 nitrogen and oxygen atoms in total. The lowest BCUT2D eigenvalue weighted by Crippen LogP contribution is -2.29. The Labute approximate surface area is 106 Å². The lowest BCUT2D eigenvalue weighted by atomic mass is 10.1. The number of carbonyl (C=O) groups is 1. The highest BCUT2D eigenvalue weighted by atomic mass is 16.3. The van der Waals surface area contributed by atoms with Crippen LogP contribution >= 0.6 is 0 Å². The number of nitrogen functional groups attached to an aromatic ring is 1. The van der Waals surface area contributed by atoms with Gasteiger partial charge in [-0.1, -0.05) is 12.1 Å². The third-order valence-corrected chi connectivity index (χ3v) is 3.22. The van der Waals surface area contributed by atoms with Gasteiger partial charge in [0, 0.05) is 25.2 Å². The number of β-amino-alcohol motifs (C(OH)–C–C–N with tert-alkyl or cyclic N) is 2. The number of carbonyl (C=O) groups excluding carboxylic acids is 1. The summed E-state index contributed by atoms with van der Waals surface area (Å²) in [7, 11) is 0. The number of aliphatic hydroxyl groups excluding tert-OH is 2. The molecular formula is C13H18N2O3. The van der Waals surface area contributed by atoms with E-state index < -0.39 is 12.2 Å². The van der Waals surface area contributed by atoms with Crippen LogP contribution in [0.4, 0.5) is 5.69 Å². The molecule has 1 aliphatic rings. The molecule has 1 saturated heterocycles. The minimum atomic E-state index is -0.814. The van der Waals surface area contributed by atoms with E-state index in [9.17, 15) is 15.0 Å². The maximum absolute atomic E-state index is 11.9.